The third-order valence-corrected chi connectivity index (χ3v) is 7.27. The van der Waals surface area contributed by atoms with Crippen LogP contribution in [0.1, 0.15) is 19.3 Å². The highest BCUT2D eigenvalue weighted by Gasteiger charge is 2.60. The lowest BCUT2D eigenvalue weighted by Crippen LogP contribution is -2.61. The molecule has 3 N–H and O–H groups in total. The Balaban J connectivity index is 1.96. The molecule has 3 aliphatic rings. The Morgan fingerprint density at radius 2 is 2.11 bits per heavy atom. The van der Waals surface area contributed by atoms with Gasteiger partial charge in [-0.1, -0.05) is 0 Å². The number of rotatable bonds is 2. The van der Waals surface area contributed by atoms with Crippen LogP contribution in [0, 0.1) is 11.3 Å². The molecule has 0 saturated carbocycles. The van der Waals surface area contributed by atoms with E-state index in [1.807, 2.05) is 0 Å². The minimum absolute atomic E-state index is 0.0729. The third kappa shape index (κ3) is 1.66. The maximum Gasteiger partial charge on any atom is 0.151 e. The van der Waals surface area contributed by atoms with Crippen LogP contribution in [0.3, 0.4) is 0 Å². The minimum atomic E-state index is -3.03. The van der Waals surface area contributed by atoms with Crippen molar-refractivity contribution in [1.82, 2.24) is 4.90 Å². The first-order chi connectivity index (χ1) is 8.41. The van der Waals surface area contributed by atoms with Crippen molar-refractivity contribution in [3.05, 3.63) is 0 Å². The zero-order valence-corrected chi connectivity index (χ0v) is 11.5. The molecule has 0 aromatic rings. The molecule has 4 atom stereocenters. The fraction of sp³-hybridized carbons (Fsp3) is 1.00. The number of nitrogens with zero attached hydrogens (tertiary/aromatic N) is 1. The maximum absolute atomic E-state index is 11.8. The van der Waals surface area contributed by atoms with E-state index in [2.05, 4.69) is 4.90 Å². The molecule has 0 aliphatic carbocycles. The van der Waals surface area contributed by atoms with Crippen molar-refractivity contribution in [3.63, 3.8) is 0 Å². The van der Waals surface area contributed by atoms with Gasteiger partial charge in [0.25, 0.3) is 0 Å². The quantitative estimate of drug-likeness (QED) is 0.689. The highest BCUT2D eigenvalue weighted by atomic mass is 32.2. The molecule has 3 fully saturated rings. The summed E-state index contributed by atoms with van der Waals surface area (Å²) in [6, 6.07) is 0. The summed E-state index contributed by atoms with van der Waals surface area (Å²) in [5.41, 5.74) is 4.42. The van der Waals surface area contributed by atoms with Gasteiger partial charge in [0.15, 0.2) is 9.84 Å². The van der Waals surface area contributed by atoms with Gasteiger partial charge >= 0.3 is 0 Å². The van der Waals surface area contributed by atoms with Gasteiger partial charge in [0.05, 0.1) is 17.1 Å². The first-order valence-corrected chi connectivity index (χ1v) is 8.58. The van der Waals surface area contributed by atoms with Crippen molar-refractivity contribution < 1.29 is 13.5 Å². The standard InChI is InChI=1S/C12H22N2O3S/c13-8-11(3-6-18(16,17)9-11)12(15)2-5-14-4-1-10(12)7-14/h10,15H,1-9,13H2. The van der Waals surface area contributed by atoms with Gasteiger partial charge in [-0.3, -0.25) is 0 Å². The van der Waals surface area contributed by atoms with Crippen LogP contribution in [0.25, 0.3) is 0 Å². The molecule has 4 unspecified atom stereocenters. The molecule has 3 rings (SSSR count). The van der Waals surface area contributed by atoms with Gasteiger partial charge in [0.2, 0.25) is 0 Å². The van der Waals surface area contributed by atoms with E-state index >= 15 is 0 Å². The van der Waals surface area contributed by atoms with Crippen LogP contribution in [0.15, 0.2) is 0 Å². The molecule has 6 heteroatoms. The molecular weight excluding hydrogens is 252 g/mol. The molecule has 5 nitrogen and oxygen atoms in total. The molecule has 2 bridgehead atoms. The van der Waals surface area contributed by atoms with E-state index in [0.717, 1.165) is 26.1 Å². The highest BCUT2D eigenvalue weighted by Crippen LogP contribution is 2.51. The Kier molecular flexibility index (Phi) is 2.79. The summed E-state index contributed by atoms with van der Waals surface area (Å²) >= 11 is 0. The second-order valence-corrected chi connectivity index (χ2v) is 8.47. The molecule has 0 spiro atoms. The van der Waals surface area contributed by atoms with E-state index in [0.29, 0.717) is 12.8 Å². The van der Waals surface area contributed by atoms with Crippen molar-refractivity contribution >= 4 is 9.84 Å². The van der Waals surface area contributed by atoms with Crippen molar-refractivity contribution in [1.29, 1.82) is 0 Å². The van der Waals surface area contributed by atoms with Crippen LogP contribution in [0.4, 0.5) is 0 Å². The monoisotopic (exact) mass is 274 g/mol. The number of fused-ring (bicyclic) bond motifs is 2. The van der Waals surface area contributed by atoms with Gasteiger partial charge < -0.3 is 15.7 Å². The molecule has 18 heavy (non-hydrogen) atoms. The second-order valence-electron chi connectivity index (χ2n) is 6.29. The Labute approximate surface area is 108 Å². The fourth-order valence-electron chi connectivity index (χ4n) is 4.25. The predicted molar refractivity (Wildman–Crippen MR) is 68.9 cm³/mol. The first-order valence-electron chi connectivity index (χ1n) is 6.76. The molecule has 3 aliphatic heterocycles. The molecule has 0 amide bonds. The van der Waals surface area contributed by atoms with E-state index in [1.165, 1.54) is 0 Å². The first kappa shape index (κ1) is 12.8. The van der Waals surface area contributed by atoms with Crippen LogP contribution in [0.2, 0.25) is 0 Å². The zero-order chi connectivity index (χ0) is 13.0. The van der Waals surface area contributed by atoms with Gasteiger partial charge in [-0.05, 0) is 25.8 Å². The van der Waals surface area contributed by atoms with Gasteiger partial charge in [0.1, 0.15) is 0 Å². The summed E-state index contributed by atoms with van der Waals surface area (Å²) in [6.45, 7) is 3.08. The van der Waals surface area contributed by atoms with Gasteiger partial charge in [-0.2, -0.15) is 0 Å². The van der Waals surface area contributed by atoms with Crippen molar-refractivity contribution in [2.45, 2.75) is 24.9 Å². The molecular formula is C12H22N2O3S. The average molecular weight is 274 g/mol. The fourth-order valence-corrected chi connectivity index (χ4v) is 6.45. The summed E-state index contributed by atoms with van der Waals surface area (Å²) < 4.78 is 23.6. The van der Waals surface area contributed by atoms with E-state index in [-0.39, 0.29) is 24.0 Å². The smallest absolute Gasteiger partial charge is 0.151 e. The molecule has 0 aromatic carbocycles. The number of hydrogen-bond donors (Lipinski definition) is 2. The Morgan fingerprint density at radius 3 is 2.72 bits per heavy atom. The lowest BCUT2D eigenvalue weighted by atomic mass is 9.62. The largest absolute Gasteiger partial charge is 0.389 e. The number of aliphatic hydroxyl groups is 1. The van der Waals surface area contributed by atoms with E-state index < -0.39 is 20.9 Å². The molecule has 3 heterocycles. The van der Waals surface area contributed by atoms with Crippen LogP contribution < -0.4 is 5.73 Å². The summed E-state index contributed by atoms with van der Waals surface area (Å²) in [6.07, 6.45) is 2.17. The summed E-state index contributed by atoms with van der Waals surface area (Å²) in [7, 11) is -3.03. The van der Waals surface area contributed by atoms with E-state index in [9.17, 15) is 13.5 Å². The summed E-state index contributed by atoms with van der Waals surface area (Å²) in [4.78, 5) is 2.35. The SMILES string of the molecule is NCC1(C2(O)CCN3CCC2C3)CCS(=O)(=O)C1. The predicted octanol–water partition coefficient (Wildman–Crippen LogP) is -0.793. The van der Waals surface area contributed by atoms with Gasteiger partial charge in [-0.25, -0.2) is 8.42 Å². The number of nitrogens with two attached hydrogens (primary N) is 1. The van der Waals surface area contributed by atoms with E-state index in [1.54, 1.807) is 0 Å². The number of hydrogen-bond acceptors (Lipinski definition) is 5. The molecule has 104 valence electrons. The lowest BCUT2D eigenvalue weighted by molar-refractivity contribution is -0.130. The molecule has 0 radical (unpaired) electrons. The third-order valence-electron chi connectivity index (χ3n) is 5.45. The maximum atomic E-state index is 11.8. The Morgan fingerprint density at radius 1 is 1.33 bits per heavy atom. The average Bonchev–Trinajstić information content (AvgIpc) is 2.88. The number of piperidine rings is 1. The molecule has 0 aromatic heterocycles. The Hall–Kier alpha value is -0.170. The van der Waals surface area contributed by atoms with Crippen LogP contribution in [-0.4, -0.2) is 61.7 Å². The van der Waals surface area contributed by atoms with Gasteiger partial charge in [-0.15, -0.1) is 0 Å². The highest BCUT2D eigenvalue weighted by molar-refractivity contribution is 7.91. The van der Waals surface area contributed by atoms with Crippen LogP contribution >= 0.6 is 0 Å². The zero-order valence-electron chi connectivity index (χ0n) is 10.6. The van der Waals surface area contributed by atoms with E-state index in [4.69, 9.17) is 5.73 Å². The summed E-state index contributed by atoms with van der Waals surface area (Å²) in [5, 5.41) is 11.2. The lowest BCUT2D eigenvalue weighted by Gasteiger charge is -2.50. The summed E-state index contributed by atoms with van der Waals surface area (Å²) in [5.74, 6) is 0.454. The van der Waals surface area contributed by atoms with Crippen LogP contribution in [0.5, 0.6) is 0 Å². The van der Waals surface area contributed by atoms with Gasteiger partial charge in [0, 0.05) is 31.0 Å². The van der Waals surface area contributed by atoms with Crippen molar-refractivity contribution in [2.75, 3.05) is 37.7 Å². The molecule has 3 saturated heterocycles. The van der Waals surface area contributed by atoms with Crippen molar-refractivity contribution in [2.24, 2.45) is 17.1 Å². The second kappa shape index (κ2) is 3.91. The minimum Gasteiger partial charge on any atom is -0.389 e. The van der Waals surface area contributed by atoms with Crippen LogP contribution in [-0.2, 0) is 9.84 Å². The topological polar surface area (TPSA) is 83.6 Å². The Bertz CT molecular complexity index is 452. The number of sulfone groups is 1. The van der Waals surface area contributed by atoms with Crippen molar-refractivity contribution in [3.8, 4) is 0 Å². The normalized spacial score (nSPS) is 50.6.